The van der Waals surface area contributed by atoms with Gasteiger partial charge in [-0.25, -0.2) is 9.97 Å². The van der Waals surface area contributed by atoms with E-state index in [1.54, 1.807) is 0 Å². The van der Waals surface area contributed by atoms with Crippen LogP contribution < -0.4 is 5.32 Å². The summed E-state index contributed by atoms with van der Waals surface area (Å²) in [6.45, 7) is 10.3. The fourth-order valence-electron chi connectivity index (χ4n) is 2.43. The third-order valence-electron chi connectivity index (χ3n) is 3.90. The van der Waals surface area contributed by atoms with E-state index in [2.05, 4.69) is 50.0 Å². The lowest BCUT2D eigenvalue weighted by atomic mass is 10.1. The molecule has 1 aliphatic heterocycles. The van der Waals surface area contributed by atoms with Crippen molar-refractivity contribution in [3.63, 3.8) is 0 Å². The third kappa shape index (κ3) is 3.04. The van der Waals surface area contributed by atoms with Gasteiger partial charge in [-0.1, -0.05) is 0 Å². The van der Waals surface area contributed by atoms with Gasteiger partial charge in [0, 0.05) is 37.4 Å². The molecule has 1 unspecified atom stereocenters. The van der Waals surface area contributed by atoms with Gasteiger partial charge in [-0.05, 0) is 34.9 Å². The maximum absolute atomic E-state index is 4.74. The van der Waals surface area contributed by atoms with E-state index in [1.807, 2.05) is 0 Å². The highest BCUT2D eigenvalue weighted by atomic mass is 15.3. The number of aryl methyl sites for hydroxylation is 1. The molecule has 5 nitrogen and oxygen atoms in total. The molecule has 0 saturated carbocycles. The predicted octanol–water partition coefficient (Wildman–Crippen LogP) is 1.44. The molecule has 0 aliphatic carbocycles. The van der Waals surface area contributed by atoms with Gasteiger partial charge in [-0.3, -0.25) is 4.90 Å². The predicted molar refractivity (Wildman–Crippen MR) is 78.5 cm³/mol. The van der Waals surface area contributed by atoms with Crippen LogP contribution in [0.15, 0.2) is 0 Å². The zero-order valence-electron chi connectivity index (χ0n) is 12.7. The average Bonchev–Trinajstić information content (AvgIpc) is 2.38. The molecule has 5 heteroatoms. The van der Waals surface area contributed by atoms with Crippen LogP contribution >= 0.6 is 0 Å². The molecule has 1 aromatic rings. The maximum atomic E-state index is 4.74. The minimum Gasteiger partial charge on any atom is -0.370 e. The zero-order valence-corrected chi connectivity index (χ0v) is 12.7. The molecule has 2 rings (SSSR count). The standard InChI is InChI=1S/C14H25N5/c1-6-15-13-10(2)11(3)16-14(17-13)12-9-18(4)7-8-19(12)5/h12H,6-9H2,1-5H3,(H,15,16,17). The summed E-state index contributed by atoms with van der Waals surface area (Å²) in [6.07, 6.45) is 0. The van der Waals surface area contributed by atoms with E-state index in [0.717, 1.165) is 49.1 Å². The van der Waals surface area contributed by atoms with Gasteiger partial charge in [0.2, 0.25) is 0 Å². The number of likely N-dealkylation sites (N-methyl/N-ethyl adjacent to an activating group) is 2. The van der Waals surface area contributed by atoms with Gasteiger partial charge in [0.1, 0.15) is 11.6 Å². The summed E-state index contributed by atoms with van der Waals surface area (Å²) in [5.74, 6) is 1.92. The lowest BCUT2D eigenvalue weighted by Crippen LogP contribution is -2.45. The normalized spacial score (nSPS) is 21.6. The molecule has 1 saturated heterocycles. The summed E-state index contributed by atoms with van der Waals surface area (Å²) >= 11 is 0. The van der Waals surface area contributed by atoms with Crippen molar-refractivity contribution in [2.24, 2.45) is 0 Å². The van der Waals surface area contributed by atoms with Crippen molar-refractivity contribution >= 4 is 5.82 Å². The number of piperazine rings is 1. The van der Waals surface area contributed by atoms with Gasteiger partial charge in [0.25, 0.3) is 0 Å². The van der Waals surface area contributed by atoms with E-state index in [0.29, 0.717) is 0 Å². The molecule has 19 heavy (non-hydrogen) atoms. The van der Waals surface area contributed by atoms with Crippen LogP contribution in [0.1, 0.15) is 30.0 Å². The fraction of sp³-hybridized carbons (Fsp3) is 0.714. The Bertz CT molecular complexity index is 446. The molecular weight excluding hydrogens is 238 g/mol. The Morgan fingerprint density at radius 1 is 1.21 bits per heavy atom. The van der Waals surface area contributed by atoms with Gasteiger partial charge in [0.05, 0.1) is 6.04 Å². The molecule has 0 bridgehead atoms. The Kier molecular flexibility index (Phi) is 4.37. The fourth-order valence-corrected chi connectivity index (χ4v) is 2.43. The number of nitrogens with one attached hydrogen (secondary N) is 1. The smallest absolute Gasteiger partial charge is 0.149 e. The Balaban J connectivity index is 2.33. The lowest BCUT2D eigenvalue weighted by molar-refractivity contribution is 0.109. The summed E-state index contributed by atoms with van der Waals surface area (Å²) in [5, 5.41) is 3.34. The van der Waals surface area contributed by atoms with E-state index in [9.17, 15) is 0 Å². The summed E-state index contributed by atoms with van der Waals surface area (Å²) < 4.78 is 0. The molecule has 0 spiro atoms. The van der Waals surface area contributed by atoms with E-state index in [4.69, 9.17) is 9.97 Å². The second-order valence-corrected chi connectivity index (χ2v) is 5.43. The quantitative estimate of drug-likeness (QED) is 0.894. The van der Waals surface area contributed by atoms with Gasteiger partial charge in [0.15, 0.2) is 0 Å². The van der Waals surface area contributed by atoms with Crippen molar-refractivity contribution < 1.29 is 0 Å². The number of nitrogens with zero attached hydrogens (tertiary/aromatic N) is 4. The van der Waals surface area contributed by atoms with Crippen molar-refractivity contribution in [3.05, 3.63) is 17.1 Å². The highest BCUT2D eigenvalue weighted by Gasteiger charge is 2.26. The summed E-state index contributed by atoms with van der Waals surface area (Å²) in [4.78, 5) is 14.1. The third-order valence-corrected chi connectivity index (χ3v) is 3.90. The van der Waals surface area contributed by atoms with Crippen LogP contribution in [0.5, 0.6) is 0 Å². The molecule has 0 amide bonds. The molecule has 0 radical (unpaired) electrons. The van der Waals surface area contributed by atoms with Gasteiger partial charge >= 0.3 is 0 Å². The van der Waals surface area contributed by atoms with Crippen molar-refractivity contribution in [3.8, 4) is 0 Å². The Labute approximate surface area is 116 Å². The molecule has 1 fully saturated rings. The van der Waals surface area contributed by atoms with Crippen molar-refractivity contribution in [1.82, 2.24) is 19.8 Å². The molecule has 1 atom stereocenters. The summed E-state index contributed by atoms with van der Waals surface area (Å²) in [7, 11) is 4.31. The average molecular weight is 263 g/mol. The van der Waals surface area contributed by atoms with Crippen molar-refractivity contribution in [2.75, 3.05) is 45.6 Å². The van der Waals surface area contributed by atoms with Crippen LogP contribution in [0.25, 0.3) is 0 Å². The van der Waals surface area contributed by atoms with Crippen LogP contribution in [0.4, 0.5) is 5.82 Å². The van der Waals surface area contributed by atoms with Crippen LogP contribution in [-0.2, 0) is 0 Å². The van der Waals surface area contributed by atoms with Gasteiger partial charge in [-0.2, -0.15) is 0 Å². The first-order valence-corrected chi connectivity index (χ1v) is 7.00. The molecular formula is C14H25N5. The van der Waals surface area contributed by atoms with E-state index >= 15 is 0 Å². The number of hydrogen-bond donors (Lipinski definition) is 1. The van der Waals surface area contributed by atoms with Crippen LogP contribution in [-0.4, -0.2) is 60.0 Å². The largest absolute Gasteiger partial charge is 0.370 e. The Morgan fingerprint density at radius 3 is 2.63 bits per heavy atom. The number of rotatable bonds is 3. The van der Waals surface area contributed by atoms with Crippen molar-refractivity contribution in [1.29, 1.82) is 0 Å². The molecule has 1 aromatic heterocycles. The maximum Gasteiger partial charge on any atom is 0.149 e. The molecule has 106 valence electrons. The zero-order chi connectivity index (χ0) is 14.0. The van der Waals surface area contributed by atoms with Crippen molar-refractivity contribution in [2.45, 2.75) is 26.8 Å². The highest BCUT2D eigenvalue weighted by Crippen LogP contribution is 2.24. The van der Waals surface area contributed by atoms with Crippen LogP contribution in [0.3, 0.4) is 0 Å². The first-order chi connectivity index (χ1) is 9.02. The molecule has 1 aliphatic rings. The van der Waals surface area contributed by atoms with Crippen LogP contribution in [0.2, 0.25) is 0 Å². The highest BCUT2D eigenvalue weighted by molar-refractivity contribution is 5.45. The minimum absolute atomic E-state index is 0.287. The first-order valence-electron chi connectivity index (χ1n) is 7.00. The number of anilines is 1. The van der Waals surface area contributed by atoms with E-state index in [-0.39, 0.29) is 6.04 Å². The number of aromatic nitrogens is 2. The minimum atomic E-state index is 0.287. The van der Waals surface area contributed by atoms with Gasteiger partial charge in [-0.15, -0.1) is 0 Å². The van der Waals surface area contributed by atoms with E-state index in [1.165, 1.54) is 0 Å². The monoisotopic (exact) mass is 263 g/mol. The molecule has 2 heterocycles. The summed E-state index contributed by atoms with van der Waals surface area (Å²) in [6, 6.07) is 0.287. The molecule has 0 aromatic carbocycles. The lowest BCUT2D eigenvalue weighted by Gasteiger charge is -2.36. The van der Waals surface area contributed by atoms with Crippen LogP contribution in [0, 0.1) is 13.8 Å². The first kappa shape index (κ1) is 14.2. The Morgan fingerprint density at radius 2 is 1.95 bits per heavy atom. The second-order valence-electron chi connectivity index (χ2n) is 5.43. The number of hydrogen-bond acceptors (Lipinski definition) is 5. The van der Waals surface area contributed by atoms with Gasteiger partial charge < -0.3 is 10.2 Å². The summed E-state index contributed by atoms with van der Waals surface area (Å²) in [5.41, 5.74) is 2.22. The van der Waals surface area contributed by atoms with E-state index < -0.39 is 0 Å². The topological polar surface area (TPSA) is 44.3 Å². The second kappa shape index (κ2) is 5.84. The SMILES string of the molecule is CCNc1nc(C2CN(C)CCN2C)nc(C)c1C. The Hall–Kier alpha value is -1.20. The molecule has 1 N–H and O–H groups in total.